The Morgan fingerprint density at radius 2 is 2.09 bits per heavy atom. The van der Waals surface area contributed by atoms with Gasteiger partial charge < -0.3 is 5.32 Å². The molecule has 118 valence electrons. The topological polar surface area (TPSA) is 63.5 Å². The van der Waals surface area contributed by atoms with Crippen LogP contribution >= 0.6 is 11.3 Å². The van der Waals surface area contributed by atoms with Crippen LogP contribution in [-0.2, 0) is 0 Å². The molecule has 0 aliphatic carbocycles. The number of nitrogens with zero attached hydrogens (tertiary/aromatic N) is 2. The molecular formula is C17H17N3O2S. The van der Waals surface area contributed by atoms with Gasteiger partial charge in [-0.15, -0.1) is 11.3 Å². The minimum Gasteiger partial charge on any atom is -0.351 e. The van der Waals surface area contributed by atoms with Crippen LogP contribution in [-0.4, -0.2) is 21.8 Å². The predicted octanol–water partition coefficient (Wildman–Crippen LogP) is 2.60. The maximum absolute atomic E-state index is 12.4. The first-order valence-corrected chi connectivity index (χ1v) is 8.25. The maximum atomic E-state index is 12.4. The van der Waals surface area contributed by atoms with Crippen molar-refractivity contribution in [1.29, 1.82) is 0 Å². The molecule has 0 spiro atoms. The number of nitrogens with one attached hydrogen (secondary N) is 1. The van der Waals surface area contributed by atoms with Crippen molar-refractivity contribution in [3.05, 3.63) is 69.1 Å². The Balaban J connectivity index is 1.77. The molecule has 3 aromatic rings. The summed E-state index contributed by atoms with van der Waals surface area (Å²) in [5, 5.41) is 4.68. The minimum atomic E-state index is -0.384. The Kier molecular flexibility index (Phi) is 4.25. The predicted molar refractivity (Wildman–Crippen MR) is 91.3 cm³/mol. The second-order valence-corrected chi connectivity index (χ2v) is 6.33. The van der Waals surface area contributed by atoms with Crippen molar-refractivity contribution in [3.8, 4) is 0 Å². The average Bonchev–Trinajstić information content (AvgIpc) is 2.95. The molecular weight excluding hydrogens is 310 g/mol. The van der Waals surface area contributed by atoms with E-state index in [2.05, 4.69) is 10.3 Å². The molecule has 0 bridgehead atoms. The summed E-state index contributed by atoms with van der Waals surface area (Å²) in [7, 11) is 0. The number of amides is 1. The second kappa shape index (κ2) is 6.34. The number of rotatable bonds is 4. The first-order valence-electron chi connectivity index (χ1n) is 7.37. The van der Waals surface area contributed by atoms with Crippen LogP contribution < -0.4 is 10.9 Å². The molecule has 0 radical (unpaired) electrons. The zero-order valence-electron chi connectivity index (χ0n) is 12.9. The first-order chi connectivity index (χ1) is 11.1. The van der Waals surface area contributed by atoms with Crippen LogP contribution in [0, 0.1) is 6.92 Å². The number of benzene rings is 1. The van der Waals surface area contributed by atoms with Crippen molar-refractivity contribution in [2.75, 3.05) is 6.54 Å². The Labute approximate surface area is 137 Å². The number of thiazole rings is 1. The molecule has 1 N–H and O–H groups in total. The van der Waals surface area contributed by atoms with Gasteiger partial charge in [0.25, 0.3) is 11.5 Å². The molecule has 1 unspecified atom stereocenters. The lowest BCUT2D eigenvalue weighted by Gasteiger charge is -2.12. The molecule has 6 heteroatoms. The Morgan fingerprint density at radius 1 is 1.35 bits per heavy atom. The van der Waals surface area contributed by atoms with E-state index in [9.17, 15) is 9.59 Å². The molecule has 1 amide bonds. The van der Waals surface area contributed by atoms with Crippen molar-refractivity contribution in [3.63, 3.8) is 0 Å². The maximum Gasteiger partial charge on any atom is 0.271 e. The van der Waals surface area contributed by atoms with Gasteiger partial charge in [0.05, 0.1) is 0 Å². The summed E-state index contributed by atoms with van der Waals surface area (Å²) < 4.78 is 1.47. The van der Waals surface area contributed by atoms with Crippen molar-refractivity contribution in [1.82, 2.24) is 14.7 Å². The van der Waals surface area contributed by atoms with Crippen LogP contribution in [0.3, 0.4) is 0 Å². The molecule has 0 aliphatic rings. The number of carbonyl (C=O) groups is 1. The van der Waals surface area contributed by atoms with E-state index in [1.165, 1.54) is 21.9 Å². The third-order valence-corrected chi connectivity index (χ3v) is 4.76. The summed E-state index contributed by atoms with van der Waals surface area (Å²) in [4.78, 5) is 29.5. The highest BCUT2D eigenvalue weighted by Gasteiger charge is 2.16. The van der Waals surface area contributed by atoms with Crippen LogP contribution in [0.15, 0.2) is 46.7 Å². The lowest BCUT2D eigenvalue weighted by atomic mass is 10.0. The molecule has 2 aromatic heterocycles. The quantitative estimate of drug-likeness (QED) is 0.801. The summed E-state index contributed by atoms with van der Waals surface area (Å²) >= 11 is 1.38. The summed E-state index contributed by atoms with van der Waals surface area (Å²) in [5.41, 5.74) is 1.68. The molecule has 0 fully saturated rings. The fourth-order valence-corrected chi connectivity index (χ4v) is 3.25. The van der Waals surface area contributed by atoms with Crippen molar-refractivity contribution in [2.45, 2.75) is 19.8 Å². The fourth-order valence-electron chi connectivity index (χ4n) is 2.42. The third-order valence-electron chi connectivity index (χ3n) is 3.80. The molecule has 3 rings (SSSR count). The summed E-state index contributed by atoms with van der Waals surface area (Å²) in [6.07, 6.45) is 1.36. The zero-order chi connectivity index (χ0) is 16.4. The van der Waals surface area contributed by atoms with Crippen molar-refractivity contribution in [2.24, 2.45) is 0 Å². The van der Waals surface area contributed by atoms with Gasteiger partial charge in [-0.25, -0.2) is 4.98 Å². The molecule has 0 aliphatic heterocycles. The summed E-state index contributed by atoms with van der Waals surface area (Å²) in [6, 6.07) is 9.94. The highest BCUT2D eigenvalue weighted by Crippen LogP contribution is 2.14. The number of hydrogen-bond acceptors (Lipinski definition) is 4. The Morgan fingerprint density at radius 3 is 2.83 bits per heavy atom. The number of hydrogen-bond donors (Lipinski definition) is 1. The van der Waals surface area contributed by atoms with Gasteiger partial charge in [-0.05, 0) is 18.4 Å². The summed E-state index contributed by atoms with van der Waals surface area (Å²) in [5.74, 6) is -0.215. The lowest BCUT2D eigenvalue weighted by molar-refractivity contribution is 0.0949. The van der Waals surface area contributed by atoms with E-state index >= 15 is 0 Å². The van der Waals surface area contributed by atoms with Gasteiger partial charge >= 0.3 is 0 Å². The molecule has 5 nitrogen and oxygen atoms in total. The third kappa shape index (κ3) is 3.03. The Bertz CT molecular complexity index is 899. The van der Waals surface area contributed by atoms with E-state index in [1.54, 1.807) is 0 Å². The van der Waals surface area contributed by atoms with Crippen LogP contribution in [0.25, 0.3) is 4.96 Å². The Hall–Kier alpha value is -2.47. The van der Waals surface area contributed by atoms with Gasteiger partial charge in [0, 0.05) is 23.8 Å². The lowest BCUT2D eigenvalue weighted by Crippen LogP contribution is -2.33. The molecule has 23 heavy (non-hydrogen) atoms. The van der Waals surface area contributed by atoms with Gasteiger partial charge in [0.15, 0.2) is 4.96 Å². The number of aryl methyl sites for hydroxylation is 1. The highest BCUT2D eigenvalue weighted by atomic mass is 32.1. The van der Waals surface area contributed by atoms with E-state index < -0.39 is 0 Å². The van der Waals surface area contributed by atoms with Gasteiger partial charge in [-0.1, -0.05) is 37.3 Å². The summed E-state index contributed by atoms with van der Waals surface area (Å²) in [6.45, 7) is 4.33. The van der Waals surface area contributed by atoms with Crippen molar-refractivity contribution >= 4 is 22.2 Å². The fraction of sp³-hybridized carbons (Fsp3) is 0.235. The first kappa shape index (κ1) is 15.4. The number of fused-ring (bicyclic) bond motifs is 1. The van der Waals surface area contributed by atoms with Crippen LogP contribution in [0.1, 0.15) is 34.5 Å². The smallest absolute Gasteiger partial charge is 0.271 e. The van der Waals surface area contributed by atoms with Crippen LogP contribution in [0.5, 0.6) is 0 Å². The average molecular weight is 327 g/mol. The number of aromatic nitrogens is 2. The van der Waals surface area contributed by atoms with E-state index in [1.807, 2.05) is 49.6 Å². The van der Waals surface area contributed by atoms with Crippen LogP contribution in [0.2, 0.25) is 0 Å². The molecule has 1 aromatic carbocycles. The molecule has 1 atom stereocenters. The molecule has 0 saturated carbocycles. The molecule has 2 heterocycles. The van der Waals surface area contributed by atoms with Crippen molar-refractivity contribution < 1.29 is 4.79 Å². The highest BCUT2D eigenvalue weighted by molar-refractivity contribution is 7.15. The van der Waals surface area contributed by atoms with Gasteiger partial charge in [0.2, 0.25) is 0 Å². The largest absolute Gasteiger partial charge is 0.351 e. The second-order valence-electron chi connectivity index (χ2n) is 5.49. The van der Waals surface area contributed by atoms with E-state index in [0.717, 1.165) is 11.3 Å². The zero-order valence-corrected chi connectivity index (χ0v) is 13.8. The van der Waals surface area contributed by atoms with Gasteiger partial charge in [0.1, 0.15) is 5.56 Å². The normalized spacial score (nSPS) is 12.3. The minimum absolute atomic E-state index is 0.0734. The standard InChI is InChI=1S/C17H17N3O2S/c1-11(13-6-4-3-5-7-13)8-18-15(21)14-9-19-17-20(16(14)22)12(2)10-23-17/h3-7,9-11H,8H2,1-2H3,(H,18,21). The van der Waals surface area contributed by atoms with E-state index in [-0.39, 0.29) is 22.9 Å². The van der Waals surface area contributed by atoms with Gasteiger partial charge in [-0.2, -0.15) is 0 Å². The van der Waals surface area contributed by atoms with E-state index in [0.29, 0.717) is 11.5 Å². The molecule has 0 saturated heterocycles. The SMILES string of the molecule is Cc1csc2ncc(C(=O)NCC(C)c3ccccc3)c(=O)n12. The number of carbonyl (C=O) groups excluding carboxylic acids is 1. The monoisotopic (exact) mass is 327 g/mol. The van der Waals surface area contributed by atoms with Gasteiger partial charge in [-0.3, -0.25) is 14.0 Å². The van der Waals surface area contributed by atoms with Crippen LogP contribution in [0.4, 0.5) is 0 Å². The van der Waals surface area contributed by atoms with E-state index in [4.69, 9.17) is 0 Å².